The summed E-state index contributed by atoms with van der Waals surface area (Å²) in [6.45, 7) is -0.656. The zero-order valence-electron chi connectivity index (χ0n) is 13.8. The van der Waals surface area contributed by atoms with Gasteiger partial charge in [0.2, 0.25) is 5.82 Å². The zero-order valence-corrected chi connectivity index (χ0v) is 17.0. The van der Waals surface area contributed by atoms with Crippen LogP contribution in [0.15, 0.2) is 57.5 Å². The quantitative estimate of drug-likeness (QED) is 0.529. The molecule has 2 aromatic carbocycles. The monoisotopic (exact) mass is 493 g/mol. The van der Waals surface area contributed by atoms with Crippen molar-refractivity contribution in [2.75, 3.05) is 11.9 Å². The Morgan fingerprint density at radius 3 is 2.63 bits per heavy atom. The molecular weight excluding hydrogens is 482 g/mol. The minimum atomic E-state index is -0.642. The third-order valence-corrected chi connectivity index (χ3v) is 4.47. The smallest absolute Gasteiger partial charge is 0.330 e. The van der Waals surface area contributed by atoms with E-state index in [2.05, 4.69) is 52.6 Å². The molecule has 0 unspecified atom stereocenters. The number of rotatable bonds is 6. The summed E-state index contributed by atoms with van der Waals surface area (Å²) in [6.07, 6.45) is 0. The van der Waals surface area contributed by atoms with Crippen LogP contribution in [-0.2, 0) is 20.9 Å². The number of halogens is 2. The predicted molar refractivity (Wildman–Crippen MR) is 105 cm³/mol. The van der Waals surface area contributed by atoms with Gasteiger partial charge in [-0.3, -0.25) is 4.79 Å². The summed E-state index contributed by atoms with van der Waals surface area (Å²) < 4.78 is 6.53. The van der Waals surface area contributed by atoms with E-state index in [0.29, 0.717) is 16.0 Å². The van der Waals surface area contributed by atoms with Crippen LogP contribution in [0.4, 0.5) is 5.69 Å². The molecule has 0 aliphatic heterocycles. The van der Waals surface area contributed by atoms with Gasteiger partial charge in [-0.25, -0.2) is 4.79 Å². The van der Waals surface area contributed by atoms with E-state index in [1.54, 1.807) is 18.2 Å². The van der Waals surface area contributed by atoms with Crippen molar-refractivity contribution < 1.29 is 14.3 Å². The molecule has 1 aromatic heterocycles. The average Bonchev–Trinajstić information content (AvgIpc) is 3.11. The minimum absolute atomic E-state index is 0.241. The van der Waals surface area contributed by atoms with Crippen molar-refractivity contribution in [3.8, 4) is 11.4 Å². The molecule has 10 heteroatoms. The topological polar surface area (TPSA) is 99.0 Å². The molecule has 0 radical (unpaired) electrons. The lowest BCUT2D eigenvalue weighted by atomic mass is 10.2. The molecular formula is C17H13Br2N5O3. The van der Waals surface area contributed by atoms with Crippen molar-refractivity contribution in [2.24, 2.45) is 0 Å². The number of hydrogen-bond acceptors (Lipinski definition) is 6. The van der Waals surface area contributed by atoms with Gasteiger partial charge in [0.15, 0.2) is 13.2 Å². The maximum atomic E-state index is 11.9. The lowest BCUT2D eigenvalue weighted by Crippen LogP contribution is -2.23. The number of nitrogens with zero attached hydrogens (tertiary/aromatic N) is 4. The normalized spacial score (nSPS) is 10.4. The highest BCUT2D eigenvalue weighted by Gasteiger charge is 2.13. The van der Waals surface area contributed by atoms with Crippen LogP contribution in [0.2, 0.25) is 0 Å². The molecule has 0 aliphatic carbocycles. The van der Waals surface area contributed by atoms with Gasteiger partial charge < -0.3 is 10.1 Å². The number of anilines is 1. The van der Waals surface area contributed by atoms with Crippen molar-refractivity contribution in [3.05, 3.63) is 57.5 Å². The number of tetrazole rings is 1. The second-order valence-electron chi connectivity index (χ2n) is 5.34. The van der Waals surface area contributed by atoms with E-state index in [9.17, 15) is 9.59 Å². The summed E-state index contributed by atoms with van der Waals surface area (Å²) in [5.74, 6) is -0.693. The average molecular weight is 495 g/mol. The van der Waals surface area contributed by atoms with Gasteiger partial charge in [-0.05, 0) is 39.3 Å². The van der Waals surface area contributed by atoms with E-state index < -0.39 is 18.5 Å². The van der Waals surface area contributed by atoms with E-state index >= 15 is 0 Å². The van der Waals surface area contributed by atoms with Crippen molar-refractivity contribution in [2.45, 2.75) is 6.54 Å². The highest BCUT2D eigenvalue weighted by atomic mass is 79.9. The SMILES string of the molecule is O=C(COC(=O)Cn1nnc(-c2ccccc2)n1)Nc1ccc(Br)cc1Br. The first-order valence-electron chi connectivity index (χ1n) is 7.75. The Morgan fingerprint density at radius 1 is 1.11 bits per heavy atom. The first-order chi connectivity index (χ1) is 13.0. The maximum Gasteiger partial charge on any atom is 0.330 e. The second-order valence-corrected chi connectivity index (χ2v) is 7.11. The number of hydrogen-bond donors (Lipinski definition) is 1. The molecule has 1 heterocycles. The standard InChI is InChI=1S/C17H13Br2N5O3/c18-12-6-7-14(13(19)8-12)20-15(25)10-27-16(26)9-24-22-17(21-23-24)11-4-2-1-3-5-11/h1-8H,9-10H2,(H,20,25). The molecule has 0 aliphatic rings. The van der Waals surface area contributed by atoms with Crippen LogP contribution >= 0.6 is 31.9 Å². The summed E-state index contributed by atoms with van der Waals surface area (Å²) in [7, 11) is 0. The third-order valence-electron chi connectivity index (χ3n) is 3.32. The highest BCUT2D eigenvalue weighted by Crippen LogP contribution is 2.26. The number of amides is 1. The van der Waals surface area contributed by atoms with Crippen LogP contribution in [0.5, 0.6) is 0 Å². The number of carbonyl (C=O) groups excluding carboxylic acids is 2. The van der Waals surface area contributed by atoms with Gasteiger partial charge in [-0.1, -0.05) is 46.3 Å². The van der Waals surface area contributed by atoms with Crippen LogP contribution in [-0.4, -0.2) is 38.7 Å². The predicted octanol–water partition coefficient (Wildman–Crippen LogP) is 3.05. The first kappa shape index (κ1) is 19.2. The fourth-order valence-electron chi connectivity index (χ4n) is 2.10. The second kappa shape index (κ2) is 8.87. The van der Waals surface area contributed by atoms with Crippen molar-refractivity contribution in [3.63, 3.8) is 0 Å². The molecule has 27 heavy (non-hydrogen) atoms. The Bertz CT molecular complexity index is 962. The lowest BCUT2D eigenvalue weighted by molar-refractivity contribution is -0.148. The number of aromatic nitrogens is 4. The van der Waals surface area contributed by atoms with Gasteiger partial charge in [0, 0.05) is 14.5 Å². The third kappa shape index (κ3) is 5.44. The van der Waals surface area contributed by atoms with Crippen LogP contribution in [0.3, 0.4) is 0 Å². The number of nitrogens with one attached hydrogen (secondary N) is 1. The Morgan fingerprint density at radius 2 is 1.89 bits per heavy atom. The summed E-state index contributed by atoms with van der Waals surface area (Å²) in [6, 6.07) is 14.6. The van der Waals surface area contributed by atoms with Gasteiger partial charge in [0.1, 0.15) is 0 Å². The molecule has 8 nitrogen and oxygen atoms in total. The fourth-order valence-corrected chi connectivity index (χ4v) is 3.24. The fraction of sp³-hybridized carbons (Fsp3) is 0.118. The molecule has 3 rings (SSSR count). The van der Waals surface area contributed by atoms with Crippen molar-refractivity contribution in [1.29, 1.82) is 0 Å². The van der Waals surface area contributed by atoms with Gasteiger partial charge in [0.25, 0.3) is 5.91 Å². The molecule has 0 spiro atoms. The number of benzene rings is 2. The van der Waals surface area contributed by atoms with Crippen LogP contribution < -0.4 is 5.32 Å². The number of ether oxygens (including phenoxy) is 1. The van der Waals surface area contributed by atoms with Crippen molar-refractivity contribution in [1.82, 2.24) is 20.2 Å². The lowest BCUT2D eigenvalue weighted by Gasteiger charge is -2.08. The number of carbonyl (C=O) groups is 2. The van der Waals surface area contributed by atoms with Gasteiger partial charge in [0.05, 0.1) is 5.69 Å². The molecule has 138 valence electrons. The Kier molecular flexibility index (Phi) is 6.30. The van der Waals surface area contributed by atoms with E-state index in [1.807, 2.05) is 30.3 Å². The molecule has 0 saturated heterocycles. The van der Waals surface area contributed by atoms with E-state index in [-0.39, 0.29) is 6.54 Å². The molecule has 1 N–H and O–H groups in total. The Balaban J connectivity index is 1.49. The molecule has 0 saturated carbocycles. The van der Waals surface area contributed by atoms with Gasteiger partial charge in [-0.15, -0.1) is 10.2 Å². The van der Waals surface area contributed by atoms with Gasteiger partial charge in [-0.2, -0.15) is 4.80 Å². The van der Waals surface area contributed by atoms with Crippen LogP contribution in [0, 0.1) is 0 Å². The molecule has 3 aromatic rings. The molecule has 0 fully saturated rings. The molecule has 0 atom stereocenters. The van der Waals surface area contributed by atoms with Crippen LogP contribution in [0.25, 0.3) is 11.4 Å². The van der Waals surface area contributed by atoms with E-state index in [1.165, 1.54) is 0 Å². The van der Waals surface area contributed by atoms with E-state index in [4.69, 9.17) is 4.74 Å². The summed E-state index contributed by atoms with van der Waals surface area (Å²) >= 11 is 6.67. The first-order valence-corrected chi connectivity index (χ1v) is 9.33. The summed E-state index contributed by atoms with van der Waals surface area (Å²) in [5.41, 5.74) is 1.36. The van der Waals surface area contributed by atoms with Crippen LogP contribution in [0.1, 0.15) is 0 Å². The highest BCUT2D eigenvalue weighted by molar-refractivity contribution is 9.11. The Labute approximate surface area is 171 Å². The summed E-state index contributed by atoms with van der Waals surface area (Å²) in [4.78, 5) is 24.9. The van der Waals surface area contributed by atoms with Crippen molar-refractivity contribution >= 4 is 49.4 Å². The maximum absolute atomic E-state index is 11.9. The Hall–Kier alpha value is -2.59. The van der Waals surface area contributed by atoms with E-state index in [0.717, 1.165) is 14.8 Å². The molecule has 1 amide bonds. The minimum Gasteiger partial charge on any atom is -0.454 e. The largest absolute Gasteiger partial charge is 0.454 e. The van der Waals surface area contributed by atoms with Gasteiger partial charge >= 0.3 is 5.97 Å². The summed E-state index contributed by atoms with van der Waals surface area (Å²) in [5, 5.41) is 14.5. The zero-order chi connectivity index (χ0) is 19.2. The number of esters is 1. The molecule has 0 bridgehead atoms.